The highest BCUT2D eigenvalue weighted by atomic mass is 16.6. The Morgan fingerprint density at radius 2 is 2.04 bits per heavy atom. The van der Waals surface area contributed by atoms with Gasteiger partial charge in [-0.05, 0) is 32.0 Å². The van der Waals surface area contributed by atoms with E-state index in [0.717, 1.165) is 5.56 Å². The number of ether oxygens (including phenoxy) is 1. The van der Waals surface area contributed by atoms with Gasteiger partial charge in [-0.25, -0.2) is 4.99 Å². The Hall–Kier alpha value is -3.86. The van der Waals surface area contributed by atoms with Crippen molar-refractivity contribution < 1.29 is 18.5 Å². The number of non-ortho nitro benzene ring substituents is 1. The van der Waals surface area contributed by atoms with E-state index >= 15 is 0 Å². The highest BCUT2D eigenvalue weighted by molar-refractivity contribution is 5.81. The molecule has 0 atom stereocenters. The molecule has 8 nitrogen and oxygen atoms in total. The second-order valence-corrected chi connectivity index (χ2v) is 5.68. The summed E-state index contributed by atoms with van der Waals surface area (Å²) in [5, 5.41) is 20.2. The fourth-order valence-electron chi connectivity index (χ4n) is 2.52. The Balaban J connectivity index is 1.94. The quantitative estimate of drug-likeness (QED) is 0.368. The van der Waals surface area contributed by atoms with Crippen LogP contribution in [0.4, 0.5) is 11.6 Å². The first kappa shape index (κ1) is 17.9. The van der Waals surface area contributed by atoms with E-state index in [4.69, 9.17) is 13.6 Å². The summed E-state index contributed by atoms with van der Waals surface area (Å²) < 4.78 is 16.4. The maximum Gasteiger partial charge on any atom is 0.270 e. The molecule has 0 saturated carbocycles. The molecule has 0 bridgehead atoms. The molecule has 3 aromatic rings. The maximum absolute atomic E-state index is 11.0. The first-order valence-electron chi connectivity index (χ1n) is 7.91. The minimum Gasteiger partial charge on any atom is -0.496 e. The summed E-state index contributed by atoms with van der Waals surface area (Å²) in [6, 6.07) is 9.64. The van der Waals surface area contributed by atoms with E-state index in [9.17, 15) is 15.4 Å². The molecule has 0 amide bonds. The Bertz CT molecular complexity index is 1090. The molecule has 136 valence electrons. The highest BCUT2D eigenvalue weighted by Gasteiger charge is 2.16. The largest absolute Gasteiger partial charge is 0.496 e. The summed E-state index contributed by atoms with van der Waals surface area (Å²) in [5.41, 5.74) is 1.49. The van der Waals surface area contributed by atoms with Gasteiger partial charge in [-0.2, -0.15) is 5.26 Å². The maximum atomic E-state index is 11.0. The number of hydrogen-bond donors (Lipinski definition) is 0. The molecule has 0 aliphatic rings. The van der Waals surface area contributed by atoms with Crippen molar-refractivity contribution in [3.8, 4) is 23.1 Å². The van der Waals surface area contributed by atoms with Crippen LogP contribution in [0.2, 0.25) is 0 Å². The van der Waals surface area contributed by atoms with Gasteiger partial charge in [0.05, 0.1) is 23.8 Å². The van der Waals surface area contributed by atoms with Crippen LogP contribution < -0.4 is 4.74 Å². The first-order valence-corrected chi connectivity index (χ1v) is 7.91. The number of aliphatic imine (C=N–C) groups is 1. The Labute approximate surface area is 154 Å². The molecular formula is C19H15N3O5. The third-order valence-electron chi connectivity index (χ3n) is 4.07. The zero-order valence-electron chi connectivity index (χ0n) is 14.8. The van der Waals surface area contributed by atoms with Crippen molar-refractivity contribution >= 4 is 17.8 Å². The van der Waals surface area contributed by atoms with E-state index in [2.05, 4.69) is 11.1 Å². The van der Waals surface area contributed by atoms with E-state index < -0.39 is 4.92 Å². The summed E-state index contributed by atoms with van der Waals surface area (Å²) in [6.45, 7) is 3.55. The second-order valence-electron chi connectivity index (χ2n) is 5.68. The van der Waals surface area contributed by atoms with Crippen LogP contribution in [0.15, 0.2) is 44.2 Å². The molecule has 0 unspecified atom stereocenters. The van der Waals surface area contributed by atoms with Gasteiger partial charge in [0, 0.05) is 17.7 Å². The van der Waals surface area contributed by atoms with Crippen molar-refractivity contribution in [1.82, 2.24) is 0 Å². The summed E-state index contributed by atoms with van der Waals surface area (Å²) in [5.74, 6) is 2.07. The minimum absolute atomic E-state index is 0.0717. The molecule has 2 aromatic heterocycles. The van der Waals surface area contributed by atoms with Gasteiger partial charge in [0.1, 0.15) is 34.7 Å². The lowest BCUT2D eigenvalue weighted by atomic mass is 10.1. The molecule has 0 spiro atoms. The van der Waals surface area contributed by atoms with E-state index in [-0.39, 0.29) is 11.6 Å². The van der Waals surface area contributed by atoms with Crippen molar-refractivity contribution in [3.63, 3.8) is 0 Å². The van der Waals surface area contributed by atoms with Crippen LogP contribution in [-0.2, 0) is 0 Å². The number of rotatable bonds is 5. The number of methoxy groups -OCH3 is 1. The summed E-state index contributed by atoms with van der Waals surface area (Å²) in [7, 11) is 1.47. The number of furan rings is 2. The first-order chi connectivity index (χ1) is 12.9. The molecule has 8 heteroatoms. The molecule has 27 heavy (non-hydrogen) atoms. The molecular weight excluding hydrogens is 350 g/mol. The fraction of sp³-hybridized carbons (Fsp3) is 0.158. The molecule has 3 rings (SSSR count). The molecule has 0 saturated heterocycles. The summed E-state index contributed by atoms with van der Waals surface area (Å²) in [6.07, 6.45) is 1.42. The zero-order valence-corrected chi connectivity index (χ0v) is 14.8. The van der Waals surface area contributed by atoms with E-state index in [0.29, 0.717) is 34.2 Å². The fourth-order valence-corrected chi connectivity index (χ4v) is 2.52. The second kappa shape index (κ2) is 7.17. The average Bonchev–Trinajstić information content (AvgIpc) is 3.24. The molecule has 2 heterocycles. The van der Waals surface area contributed by atoms with Crippen molar-refractivity contribution in [2.75, 3.05) is 7.11 Å². The third kappa shape index (κ3) is 3.43. The normalized spacial score (nSPS) is 10.9. The van der Waals surface area contributed by atoms with Crippen molar-refractivity contribution in [3.05, 3.63) is 63.1 Å². The zero-order chi connectivity index (χ0) is 19.6. The van der Waals surface area contributed by atoms with Gasteiger partial charge >= 0.3 is 0 Å². The van der Waals surface area contributed by atoms with Crippen LogP contribution in [-0.4, -0.2) is 18.2 Å². The lowest BCUT2D eigenvalue weighted by molar-refractivity contribution is -0.384. The van der Waals surface area contributed by atoms with Gasteiger partial charge < -0.3 is 13.6 Å². The van der Waals surface area contributed by atoms with Crippen molar-refractivity contribution in [2.24, 2.45) is 4.99 Å². The standard InChI is InChI=1S/C19H15N3O5/c1-11-12(2)26-19(16(11)9-20)21-10-14-5-7-18(27-14)15-8-13(22(23)24)4-6-17(15)25-3/h4-8,10H,1-3H3. The molecule has 1 aromatic carbocycles. The Morgan fingerprint density at radius 1 is 1.26 bits per heavy atom. The van der Waals surface area contributed by atoms with Crippen LogP contribution >= 0.6 is 0 Å². The lowest BCUT2D eigenvalue weighted by Crippen LogP contribution is -1.91. The van der Waals surface area contributed by atoms with Crippen molar-refractivity contribution in [1.29, 1.82) is 5.26 Å². The van der Waals surface area contributed by atoms with Gasteiger partial charge in [-0.15, -0.1) is 0 Å². The number of hydrogen-bond acceptors (Lipinski definition) is 7. The monoisotopic (exact) mass is 365 g/mol. The van der Waals surface area contributed by atoms with Gasteiger partial charge in [0.15, 0.2) is 0 Å². The van der Waals surface area contributed by atoms with E-state index in [1.165, 1.54) is 31.5 Å². The molecule has 0 N–H and O–H groups in total. The van der Waals surface area contributed by atoms with E-state index in [1.807, 2.05) is 0 Å². The van der Waals surface area contributed by atoms with Gasteiger partial charge in [0.2, 0.25) is 5.88 Å². The van der Waals surface area contributed by atoms with E-state index in [1.54, 1.807) is 26.0 Å². The van der Waals surface area contributed by atoms with Crippen LogP contribution in [0.5, 0.6) is 5.75 Å². The number of benzene rings is 1. The molecule has 0 radical (unpaired) electrons. The van der Waals surface area contributed by atoms with Crippen molar-refractivity contribution in [2.45, 2.75) is 13.8 Å². The number of nitro groups is 1. The molecule has 0 aliphatic heterocycles. The predicted molar refractivity (Wildman–Crippen MR) is 97.5 cm³/mol. The predicted octanol–water partition coefficient (Wildman–Crippen LogP) is 4.70. The number of aryl methyl sites for hydroxylation is 1. The van der Waals surface area contributed by atoms with Gasteiger partial charge in [-0.1, -0.05) is 0 Å². The minimum atomic E-state index is -0.487. The SMILES string of the molecule is COc1ccc([N+](=O)[O-])cc1-c1ccc(C=Nc2oc(C)c(C)c2C#N)o1. The van der Waals surface area contributed by atoms with Gasteiger partial charge in [0.25, 0.3) is 5.69 Å². The average molecular weight is 365 g/mol. The van der Waals surface area contributed by atoms with Crippen LogP contribution in [0.3, 0.4) is 0 Å². The van der Waals surface area contributed by atoms with Crippen LogP contribution in [0.1, 0.15) is 22.6 Å². The number of nitriles is 1. The Kier molecular flexibility index (Phi) is 4.77. The number of nitrogens with zero attached hydrogens (tertiary/aromatic N) is 3. The lowest BCUT2D eigenvalue weighted by Gasteiger charge is -2.05. The Morgan fingerprint density at radius 3 is 2.70 bits per heavy atom. The van der Waals surface area contributed by atoms with Crippen LogP contribution in [0, 0.1) is 35.3 Å². The smallest absolute Gasteiger partial charge is 0.270 e. The number of nitro benzene ring substituents is 1. The molecule has 0 fully saturated rings. The summed E-state index contributed by atoms with van der Waals surface area (Å²) >= 11 is 0. The van der Waals surface area contributed by atoms with Crippen LogP contribution in [0.25, 0.3) is 11.3 Å². The highest BCUT2D eigenvalue weighted by Crippen LogP contribution is 2.34. The summed E-state index contributed by atoms with van der Waals surface area (Å²) in [4.78, 5) is 14.7. The molecule has 0 aliphatic carbocycles. The van der Waals surface area contributed by atoms with Gasteiger partial charge in [-0.3, -0.25) is 10.1 Å². The third-order valence-corrected chi connectivity index (χ3v) is 4.07. The topological polar surface area (TPSA) is 115 Å².